The number of fused-ring (bicyclic) bond motifs is 1. The minimum Gasteiger partial charge on any atom is -0.377 e. The number of hydrogen-bond acceptors (Lipinski definition) is 6. The van der Waals surface area contributed by atoms with Crippen LogP contribution in [0.3, 0.4) is 0 Å². The Balaban J connectivity index is 1.87. The van der Waals surface area contributed by atoms with E-state index in [2.05, 4.69) is 34.0 Å². The molecule has 2 aromatic rings. The van der Waals surface area contributed by atoms with Crippen molar-refractivity contribution in [3.05, 3.63) is 38.9 Å². The Morgan fingerprint density at radius 3 is 2.71 bits per heavy atom. The van der Waals surface area contributed by atoms with Crippen LogP contribution in [-0.2, 0) is 0 Å². The van der Waals surface area contributed by atoms with E-state index in [4.69, 9.17) is 0 Å². The van der Waals surface area contributed by atoms with Gasteiger partial charge in [0, 0.05) is 31.2 Å². The third-order valence-corrected chi connectivity index (χ3v) is 4.57. The Hall–Kier alpha value is -2.48. The Morgan fingerprint density at radius 2 is 2.08 bits per heavy atom. The smallest absolute Gasteiger partial charge is 0.293 e. The summed E-state index contributed by atoms with van der Waals surface area (Å²) in [6, 6.07) is 3.58. The normalized spacial score (nSPS) is 16.6. The zero-order chi connectivity index (χ0) is 17.3. The fourth-order valence-electron chi connectivity index (χ4n) is 3.15. The lowest BCUT2D eigenvalue weighted by Crippen LogP contribution is -2.42. The Morgan fingerprint density at radius 1 is 1.38 bits per heavy atom. The average molecular weight is 331 g/mol. The number of likely N-dealkylation sites (tertiary alicyclic amines) is 1. The van der Waals surface area contributed by atoms with E-state index in [0.717, 1.165) is 25.9 Å². The number of aromatic nitrogens is 2. The lowest BCUT2D eigenvalue weighted by molar-refractivity contribution is -0.383. The standard InChI is InChI=1S/C16H21N5O3/c1-10(2)20-5-3-11(4-6-20)19-14-8-13-12(7-15(14)21(23)24)16(22)18-9-17-13/h7-11,19H,3-6H2,1-2H3,(H,17,18,22). The van der Waals surface area contributed by atoms with E-state index in [9.17, 15) is 14.9 Å². The number of piperidine rings is 1. The van der Waals surface area contributed by atoms with Crippen molar-refractivity contribution in [1.82, 2.24) is 14.9 Å². The summed E-state index contributed by atoms with van der Waals surface area (Å²) in [7, 11) is 0. The molecule has 0 bridgehead atoms. The monoisotopic (exact) mass is 331 g/mol. The van der Waals surface area contributed by atoms with E-state index in [-0.39, 0.29) is 22.7 Å². The highest BCUT2D eigenvalue weighted by Crippen LogP contribution is 2.30. The number of hydrogen-bond donors (Lipinski definition) is 2. The number of nitro benzene ring substituents is 1. The predicted molar refractivity (Wildman–Crippen MR) is 92.4 cm³/mol. The highest BCUT2D eigenvalue weighted by atomic mass is 16.6. The first-order valence-corrected chi connectivity index (χ1v) is 8.12. The Labute approximate surface area is 139 Å². The number of benzene rings is 1. The van der Waals surface area contributed by atoms with E-state index in [1.807, 2.05) is 0 Å². The van der Waals surface area contributed by atoms with Crippen LogP contribution in [0.5, 0.6) is 0 Å². The van der Waals surface area contributed by atoms with Gasteiger partial charge in [0.05, 0.1) is 22.2 Å². The zero-order valence-electron chi connectivity index (χ0n) is 13.8. The van der Waals surface area contributed by atoms with Gasteiger partial charge in [-0.2, -0.15) is 0 Å². The number of nitrogens with one attached hydrogen (secondary N) is 2. The molecule has 0 atom stereocenters. The van der Waals surface area contributed by atoms with Gasteiger partial charge in [-0.25, -0.2) is 4.98 Å². The van der Waals surface area contributed by atoms with Crippen molar-refractivity contribution in [2.24, 2.45) is 0 Å². The fraction of sp³-hybridized carbons (Fsp3) is 0.500. The van der Waals surface area contributed by atoms with Crippen LogP contribution in [0.25, 0.3) is 10.9 Å². The van der Waals surface area contributed by atoms with Gasteiger partial charge in [-0.05, 0) is 32.8 Å². The molecule has 1 aromatic carbocycles. The molecule has 0 radical (unpaired) electrons. The minimum atomic E-state index is -0.461. The van der Waals surface area contributed by atoms with Gasteiger partial charge in [-0.15, -0.1) is 0 Å². The van der Waals surface area contributed by atoms with Crippen molar-refractivity contribution >= 4 is 22.3 Å². The maximum Gasteiger partial charge on any atom is 0.293 e. The third kappa shape index (κ3) is 3.23. The van der Waals surface area contributed by atoms with E-state index < -0.39 is 4.92 Å². The van der Waals surface area contributed by atoms with Crippen molar-refractivity contribution in [3.63, 3.8) is 0 Å². The Bertz CT molecular complexity index is 809. The summed E-state index contributed by atoms with van der Waals surface area (Å²) in [5.41, 5.74) is 0.409. The van der Waals surface area contributed by atoms with E-state index in [1.54, 1.807) is 6.07 Å². The average Bonchev–Trinajstić information content (AvgIpc) is 2.55. The van der Waals surface area contributed by atoms with Crippen LogP contribution in [0.1, 0.15) is 26.7 Å². The first-order valence-electron chi connectivity index (χ1n) is 8.12. The zero-order valence-corrected chi connectivity index (χ0v) is 13.8. The van der Waals surface area contributed by atoms with Gasteiger partial charge >= 0.3 is 0 Å². The van der Waals surface area contributed by atoms with Gasteiger partial charge in [0.25, 0.3) is 11.2 Å². The molecule has 0 aliphatic carbocycles. The van der Waals surface area contributed by atoms with Gasteiger partial charge in [0.2, 0.25) is 0 Å². The maximum absolute atomic E-state index is 11.8. The summed E-state index contributed by atoms with van der Waals surface area (Å²) in [4.78, 5) is 31.7. The van der Waals surface area contributed by atoms with Crippen molar-refractivity contribution in [1.29, 1.82) is 0 Å². The first-order chi connectivity index (χ1) is 11.5. The van der Waals surface area contributed by atoms with Crippen LogP contribution in [0.2, 0.25) is 0 Å². The molecule has 2 heterocycles. The third-order valence-electron chi connectivity index (χ3n) is 4.57. The number of nitro groups is 1. The second kappa shape index (κ2) is 6.56. The number of nitrogens with zero attached hydrogens (tertiary/aromatic N) is 3. The second-order valence-corrected chi connectivity index (χ2v) is 6.42. The largest absolute Gasteiger partial charge is 0.377 e. The van der Waals surface area contributed by atoms with Gasteiger partial charge in [0.15, 0.2) is 0 Å². The summed E-state index contributed by atoms with van der Waals surface area (Å²) < 4.78 is 0. The van der Waals surface area contributed by atoms with Crippen molar-refractivity contribution in [2.45, 2.75) is 38.8 Å². The molecule has 0 unspecified atom stereocenters. The number of H-pyrrole nitrogens is 1. The van der Waals surface area contributed by atoms with E-state index in [0.29, 0.717) is 17.2 Å². The molecule has 0 amide bonds. The number of aromatic amines is 1. The highest BCUT2D eigenvalue weighted by molar-refractivity contribution is 5.86. The SMILES string of the molecule is CC(C)N1CCC(Nc2cc3nc[nH]c(=O)c3cc2[N+](=O)[O-])CC1. The quantitative estimate of drug-likeness (QED) is 0.657. The molecule has 0 spiro atoms. The second-order valence-electron chi connectivity index (χ2n) is 6.42. The van der Waals surface area contributed by atoms with Crippen LogP contribution in [-0.4, -0.2) is 45.0 Å². The molecule has 0 saturated carbocycles. The lowest BCUT2D eigenvalue weighted by atomic mass is 10.0. The van der Waals surface area contributed by atoms with Gasteiger partial charge in [-0.1, -0.05) is 0 Å². The van der Waals surface area contributed by atoms with Gasteiger partial charge in [0.1, 0.15) is 5.69 Å². The minimum absolute atomic E-state index is 0.0905. The molecule has 1 aromatic heterocycles. The molecule has 8 heteroatoms. The van der Waals surface area contributed by atoms with Crippen molar-refractivity contribution < 1.29 is 4.92 Å². The molecule has 128 valence electrons. The first kappa shape index (κ1) is 16.4. The summed E-state index contributed by atoms with van der Waals surface area (Å²) in [6.07, 6.45) is 3.16. The molecule has 2 N–H and O–H groups in total. The fourth-order valence-corrected chi connectivity index (χ4v) is 3.15. The summed E-state index contributed by atoms with van der Waals surface area (Å²) in [6.45, 7) is 6.28. The van der Waals surface area contributed by atoms with Crippen LogP contribution in [0, 0.1) is 10.1 Å². The van der Waals surface area contributed by atoms with Gasteiger partial charge < -0.3 is 15.2 Å². The molecule has 1 fully saturated rings. The molecular weight excluding hydrogens is 310 g/mol. The summed E-state index contributed by atoms with van der Waals surface area (Å²) in [5.74, 6) is 0. The molecule has 1 saturated heterocycles. The number of anilines is 1. The van der Waals surface area contributed by atoms with Crippen LogP contribution < -0.4 is 10.9 Å². The highest BCUT2D eigenvalue weighted by Gasteiger charge is 2.24. The molecule has 24 heavy (non-hydrogen) atoms. The van der Waals surface area contributed by atoms with Crippen LogP contribution in [0.4, 0.5) is 11.4 Å². The molecule has 8 nitrogen and oxygen atoms in total. The van der Waals surface area contributed by atoms with E-state index in [1.165, 1.54) is 12.4 Å². The Kier molecular flexibility index (Phi) is 4.48. The van der Waals surface area contributed by atoms with Crippen LogP contribution >= 0.6 is 0 Å². The maximum atomic E-state index is 11.8. The molecule has 1 aliphatic heterocycles. The lowest BCUT2D eigenvalue weighted by Gasteiger charge is -2.35. The van der Waals surface area contributed by atoms with Crippen LogP contribution in [0.15, 0.2) is 23.3 Å². The molecule has 1 aliphatic rings. The van der Waals surface area contributed by atoms with Gasteiger partial charge in [-0.3, -0.25) is 14.9 Å². The van der Waals surface area contributed by atoms with Crippen molar-refractivity contribution in [3.8, 4) is 0 Å². The summed E-state index contributed by atoms with van der Waals surface area (Å²) >= 11 is 0. The topological polar surface area (TPSA) is 104 Å². The van der Waals surface area contributed by atoms with Crippen molar-refractivity contribution in [2.75, 3.05) is 18.4 Å². The molecular formula is C16H21N5O3. The molecule has 3 rings (SSSR count). The predicted octanol–water partition coefficient (Wildman–Crippen LogP) is 2.12. The summed E-state index contributed by atoms with van der Waals surface area (Å²) in [5, 5.41) is 14.9. The van der Waals surface area contributed by atoms with E-state index >= 15 is 0 Å². The number of rotatable bonds is 4.